The Morgan fingerprint density at radius 2 is 2.12 bits per heavy atom. The van der Waals surface area contributed by atoms with E-state index in [2.05, 4.69) is 6.58 Å². The lowest BCUT2D eigenvalue weighted by atomic mass is 10.2. The van der Waals surface area contributed by atoms with Gasteiger partial charge in [0.05, 0.1) is 11.7 Å². The summed E-state index contributed by atoms with van der Waals surface area (Å²) in [6.45, 7) is 4.46. The molecule has 0 aromatic heterocycles. The number of rotatable bonds is 2. The molecule has 0 aromatic carbocycles. The SMILES string of the molecule is C=C(C(=O)O)C(C)O. The van der Waals surface area contributed by atoms with Crippen molar-refractivity contribution in [2.75, 3.05) is 0 Å². The summed E-state index contributed by atoms with van der Waals surface area (Å²) in [5.41, 5.74) is -0.176. The van der Waals surface area contributed by atoms with Crippen LogP contribution in [0.4, 0.5) is 0 Å². The van der Waals surface area contributed by atoms with Gasteiger partial charge < -0.3 is 10.2 Å². The molecule has 46 valence electrons. The van der Waals surface area contributed by atoms with Crippen LogP contribution in [0.15, 0.2) is 12.2 Å². The van der Waals surface area contributed by atoms with Crippen LogP contribution in [-0.2, 0) is 4.79 Å². The number of aliphatic hydroxyl groups is 1. The molecule has 0 heterocycles. The van der Waals surface area contributed by atoms with E-state index in [1.54, 1.807) is 0 Å². The van der Waals surface area contributed by atoms with E-state index in [4.69, 9.17) is 10.2 Å². The second kappa shape index (κ2) is 2.47. The summed E-state index contributed by atoms with van der Waals surface area (Å²) in [6, 6.07) is 0. The smallest absolute Gasteiger partial charge is 0.333 e. The van der Waals surface area contributed by atoms with Crippen LogP contribution in [0.1, 0.15) is 6.92 Å². The fraction of sp³-hybridized carbons (Fsp3) is 0.400. The fourth-order valence-corrected chi connectivity index (χ4v) is 0.179. The Kier molecular flexibility index (Phi) is 2.21. The van der Waals surface area contributed by atoms with E-state index >= 15 is 0 Å². The van der Waals surface area contributed by atoms with Crippen molar-refractivity contribution in [1.29, 1.82) is 0 Å². The monoisotopic (exact) mass is 116 g/mol. The van der Waals surface area contributed by atoms with E-state index < -0.39 is 12.1 Å². The Labute approximate surface area is 47.3 Å². The zero-order chi connectivity index (χ0) is 6.73. The third-order valence-electron chi connectivity index (χ3n) is 0.779. The number of aliphatic hydroxyl groups excluding tert-OH is 1. The first-order valence-corrected chi connectivity index (χ1v) is 2.16. The first kappa shape index (κ1) is 7.17. The summed E-state index contributed by atoms with van der Waals surface area (Å²) in [6.07, 6.45) is -0.951. The van der Waals surface area contributed by atoms with Crippen molar-refractivity contribution in [2.45, 2.75) is 13.0 Å². The largest absolute Gasteiger partial charge is 0.478 e. The highest BCUT2D eigenvalue weighted by Gasteiger charge is 2.08. The summed E-state index contributed by atoms with van der Waals surface area (Å²) in [5, 5.41) is 16.6. The molecule has 0 aliphatic rings. The summed E-state index contributed by atoms with van der Waals surface area (Å²) in [7, 11) is 0. The Balaban J connectivity index is 3.84. The second-order valence-electron chi connectivity index (χ2n) is 1.51. The molecule has 0 aliphatic carbocycles. The quantitative estimate of drug-likeness (QED) is 0.499. The summed E-state index contributed by atoms with van der Waals surface area (Å²) in [5.74, 6) is -1.15. The van der Waals surface area contributed by atoms with Gasteiger partial charge in [0.25, 0.3) is 0 Å². The lowest BCUT2D eigenvalue weighted by Gasteiger charge is -1.99. The molecule has 3 heteroatoms. The topological polar surface area (TPSA) is 57.5 Å². The van der Waals surface area contributed by atoms with E-state index in [0.717, 1.165) is 0 Å². The van der Waals surface area contributed by atoms with E-state index in [-0.39, 0.29) is 5.57 Å². The lowest BCUT2D eigenvalue weighted by molar-refractivity contribution is -0.133. The van der Waals surface area contributed by atoms with E-state index in [0.29, 0.717) is 0 Å². The predicted octanol–water partition coefficient (Wildman–Crippen LogP) is 0.00800. The molecule has 8 heavy (non-hydrogen) atoms. The van der Waals surface area contributed by atoms with Crippen molar-refractivity contribution in [3.63, 3.8) is 0 Å². The molecule has 3 nitrogen and oxygen atoms in total. The second-order valence-corrected chi connectivity index (χ2v) is 1.51. The molecule has 0 aromatic rings. The third kappa shape index (κ3) is 1.75. The number of aliphatic carboxylic acids is 1. The van der Waals surface area contributed by atoms with Crippen molar-refractivity contribution in [2.24, 2.45) is 0 Å². The van der Waals surface area contributed by atoms with Gasteiger partial charge in [-0.15, -0.1) is 0 Å². The van der Waals surface area contributed by atoms with E-state index in [1.807, 2.05) is 0 Å². The highest BCUT2D eigenvalue weighted by Crippen LogP contribution is 1.95. The summed E-state index contributed by atoms with van der Waals surface area (Å²) in [4.78, 5) is 9.88. The van der Waals surface area contributed by atoms with Gasteiger partial charge >= 0.3 is 5.97 Å². The molecular formula is C5H8O3. The lowest BCUT2D eigenvalue weighted by Crippen LogP contribution is -2.11. The molecule has 0 spiro atoms. The van der Waals surface area contributed by atoms with Gasteiger partial charge in [0.1, 0.15) is 0 Å². The zero-order valence-corrected chi connectivity index (χ0v) is 4.59. The minimum atomic E-state index is -1.15. The third-order valence-corrected chi connectivity index (χ3v) is 0.779. The molecule has 2 N–H and O–H groups in total. The summed E-state index contributed by atoms with van der Waals surface area (Å²) < 4.78 is 0. The van der Waals surface area contributed by atoms with Gasteiger partial charge in [-0.2, -0.15) is 0 Å². The first-order valence-electron chi connectivity index (χ1n) is 2.16. The predicted molar refractivity (Wildman–Crippen MR) is 28.5 cm³/mol. The molecule has 0 rings (SSSR count). The fourth-order valence-electron chi connectivity index (χ4n) is 0.179. The molecule has 0 saturated heterocycles. The zero-order valence-electron chi connectivity index (χ0n) is 4.59. The Bertz CT molecular complexity index is 115. The highest BCUT2D eigenvalue weighted by atomic mass is 16.4. The van der Waals surface area contributed by atoms with Gasteiger partial charge in [0, 0.05) is 0 Å². The van der Waals surface area contributed by atoms with Crippen LogP contribution < -0.4 is 0 Å². The minimum absolute atomic E-state index is 0.176. The number of carboxylic acids is 1. The van der Waals surface area contributed by atoms with Crippen LogP contribution in [0.2, 0.25) is 0 Å². The van der Waals surface area contributed by atoms with Crippen LogP contribution in [0, 0.1) is 0 Å². The van der Waals surface area contributed by atoms with Gasteiger partial charge in [-0.1, -0.05) is 6.58 Å². The first-order chi connectivity index (χ1) is 3.55. The van der Waals surface area contributed by atoms with Crippen molar-refractivity contribution in [1.82, 2.24) is 0 Å². The minimum Gasteiger partial charge on any atom is -0.478 e. The molecule has 0 saturated carbocycles. The molecule has 0 fully saturated rings. The standard InChI is InChI=1S/C5H8O3/c1-3(4(2)6)5(7)8/h4,6H,1H2,2H3,(H,7,8). The van der Waals surface area contributed by atoms with Crippen molar-refractivity contribution in [3.8, 4) is 0 Å². The van der Waals surface area contributed by atoms with Gasteiger partial charge in [-0.3, -0.25) is 0 Å². The van der Waals surface area contributed by atoms with E-state index in [1.165, 1.54) is 6.92 Å². The van der Waals surface area contributed by atoms with Crippen LogP contribution in [0.3, 0.4) is 0 Å². The van der Waals surface area contributed by atoms with Crippen LogP contribution in [0.5, 0.6) is 0 Å². The van der Waals surface area contributed by atoms with Crippen molar-refractivity contribution >= 4 is 5.97 Å². The number of carboxylic acid groups (broad SMARTS) is 1. The number of carbonyl (C=O) groups is 1. The average molecular weight is 116 g/mol. The van der Waals surface area contributed by atoms with Gasteiger partial charge in [0.2, 0.25) is 0 Å². The molecule has 0 radical (unpaired) electrons. The number of hydrogen-bond acceptors (Lipinski definition) is 2. The van der Waals surface area contributed by atoms with Gasteiger partial charge in [-0.25, -0.2) is 4.79 Å². The normalized spacial score (nSPS) is 12.8. The van der Waals surface area contributed by atoms with Gasteiger partial charge in [0.15, 0.2) is 0 Å². The molecule has 1 atom stereocenters. The van der Waals surface area contributed by atoms with E-state index in [9.17, 15) is 4.79 Å². The molecule has 0 amide bonds. The van der Waals surface area contributed by atoms with Crippen LogP contribution >= 0.6 is 0 Å². The Morgan fingerprint density at radius 1 is 1.75 bits per heavy atom. The summed E-state index contributed by atoms with van der Waals surface area (Å²) >= 11 is 0. The number of hydrogen-bond donors (Lipinski definition) is 2. The molecular weight excluding hydrogens is 108 g/mol. The van der Waals surface area contributed by atoms with Crippen LogP contribution in [0.25, 0.3) is 0 Å². The maximum absolute atomic E-state index is 9.88. The molecule has 0 bridgehead atoms. The molecule has 0 aliphatic heterocycles. The molecule has 1 unspecified atom stereocenters. The maximum Gasteiger partial charge on any atom is 0.333 e. The maximum atomic E-state index is 9.88. The van der Waals surface area contributed by atoms with Crippen molar-refractivity contribution < 1.29 is 15.0 Å². The van der Waals surface area contributed by atoms with Crippen LogP contribution in [-0.4, -0.2) is 22.3 Å². The van der Waals surface area contributed by atoms with Gasteiger partial charge in [-0.05, 0) is 6.92 Å². The Morgan fingerprint density at radius 3 is 2.12 bits per heavy atom. The average Bonchev–Trinajstić information content (AvgIpc) is 1.64. The van der Waals surface area contributed by atoms with Crippen molar-refractivity contribution in [3.05, 3.63) is 12.2 Å². The highest BCUT2D eigenvalue weighted by molar-refractivity contribution is 5.86. The Hall–Kier alpha value is -0.830.